The molecule has 4 nitrogen and oxygen atoms in total. The van der Waals surface area contributed by atoms with Crippen LogP contribution in [-0.2, 0) is 16.6 Å². The molecule has 21 heavy (non-hydrogen) atoms. The standard InChI is InChI=1S/C15H28N2O2S2/c1-11(2)15(5,6)10-17-21(18,19)14-7-8-20-13(14)9-16-12(3)4/h7-8,11-12,16-17H,9-10H2,1-6H3. The van der Waals surface area contributed by atoms with Gasteiger partial charge < -0.3 is 5.32 Å². The van der Waals surface area contributed by atoms with Gasteiger partial charge in [-0.05, 0) is 22.8 Å². The molecule has 0 bridgehead atoms. The molecule has 0 atom stereocenters. The van der Waals surface area contributed by atoms with Crippen LogP contribution in [0.2, 0.25) is 0 Å². The molecule has 6 heteroatoms. The van der Waals surface area contributed by atoms with Gasteiger partial charge in [-0.1, -0.05) is 41.5 Å². The van der Waals surface area contributed by atoms with E-state index in [9.17, 15) is 8.42 Å². The Balaban J connectivity index is 2.82. The molecule has 122 valence electrons. The number of rotatable bonds is 8. The Morgan fingerprint density at radius 1 is 1.24 bits per heavy atom. The summed E-state index contributed by atoms with van der Waals surface area (Å²) in [5.41, 5.74) is -0.0700. The molecule has 0 saturated carbocycles. The molecule has 0 saturated heterocycles. The van der Waals surface area contributed by atoms with Gasteiger partial charge in [0.25, 0.3) is 0 Å². The first-order valence-electron chi connectivity index (χ1n) is 7.35. The Morgan fingerprint density at radius 3 is 2.38 bits per heavy atom. The lowest BCUT2D eigenvalue weighted by Gasteiger charge is -2.29. The van der Waals surface area contributed by atoms with Crippen molar-refractivity contribution in [2.24, 2.45) is 11.3 Å². The summed E-state index contributed by atoms with van der Waals surface area (Å²) in [5, 5.41) is 5.10. The fraction of sp³-hybridized carbons (Fsp3) is 0.733. The zero-order valence-corrected chi connectivity index (χ0v) is 15.5. The Kier molecular flexibility index (Phi) is 6.40. The van der Waals surface area contributed by atoms with Gasteiger partial charge in [0.15, 0.2) is 0 Å². The largest absolute Gasteiger partial charge is 0.310 e. The van der Waals surface area contributed by atoms with E-state index in [1.165, 1.54) is 11.3 Å². The van der Waals surface area contributed by atoms with Gasteiger partial charge in [-0.2, -0.15) is 0 Å². The maximum Gasteiger partial charge on any atom is 0.241 e. The van der Waals surface area contributed by atoms with Gasteiger partial charge in [-0.25, -0.2) is 13.1 Å². The first-order valence-corrected chi connectivity index (χ1v) is 9.72. The average molecular weight is 333 g/mol. The number of hydrogen-bond acceptors (Lipinski definition) is 4. The molecule has 0 aliphatic carbocycles. The third-order valence-corrected chi connectivity index (χ3v) is 6.48. The molecule has 0 fully saturated rings. The van der Waals surface area contributed by atoms with E-state index in [-0.39, 0.29) is 5.41 Å². The average Bonchev–Trinajstić information content (AvgIpc) is 2.83. The van der Waals surface area contributed by atoms with Crippen LogP contribution in [0.3, 0.4) is 0 Å². The Hall–Kier alpha value is -0.430. The molecular weight excluding hydrogens is 304 g/mol. The molecule has 0 aromatic carbocycles. The van der Waals surface area contributed by atoms with E-state index in [4.69, 9.17) is 0 Å². The van der Waals surface area contributed by atoms with Crippen molar-refractivity contribution in [2.75, 3.05) is 6.54 Å². The van der Waals surface area contributed by atoms with Gasteiger partial charge in [0.2, 0.25) is 10.0 Å². The van der Waals surface area contributed by atoms with E-state index in [1.807, 2.05) is 19.2 Å². The lowest BCUT2D eigenvalue weighted by atomic mass is 9.81. The van der Waals surface area contributed by atoms with E-state index in [0.29, 0.717) is 29.9 Å². The smallest absolute Gasteiger partial charge is 0.241 e. The molecular formula is C15H28N2O2S2. The maximum absolute atomic E-state index is 12.5. The van der Waals surface area contributed by atoms with E-state index < -0.39 is 10.0 Å². The summed E-state index contributed by atoms with van der Waals surface area (Å²) >= 11 is 1.48. The zero-order chi connectivity index (χ0) is 16.3. The van der Waals surface area contributed by atoms with Crippen LogP contribution in [0.4, 0.5) is 0 Å². The fourth-order valence-electron chi connectivity index (χ4n) is 1.56. The van der Waals surface area contributed by atoms with Crippen molar-refractivity contribution in [1.82, 2.24) is 10.0 Å². The summed E-state index contributed by atoms with van der Waals surface area (Å²) in [7, 11) is -3.44. The van der Waals surface area contributed by atoms with Crippen LogP contribution in [0.1, 0.15) is 46.4 Å². The van der Waals surface area contributed by atoms with Gasteiger partial charge in [-0.3, -0.25) is 0 Å². The normalized spacial score (nSPS) is 13.3. The van der Waals surface area contributed by atoms with Crippen molar-refractivity contribution >= 4 is 21.4 Å². The molecule has 1 aromatic heterocycles. The predicted octanol–water partition coefficient (Wildman–Crippen LogP) is 3.21. The molecule has 0 aliphatic rings. The van der Waals surface area contributed by atoms with E-state index in [0.717, 1.165) is 4.88 Å². The Labute approximate surface area is 133 Å². The minimum Gasteiger partial charge on any atom is -0.310 e. The van der Waals surface area contributed by atoms with Crippen LogP contribution in [0.15, 0.2) is 16.3 Å². The summed E-state index contributed by atoms with van der Waals surface area (Å²) in [5.74, 6) is 0.407. The van der Waals surface area contributed by atoms with Crippen molar-refractivity contribution in [1.29, 1.82) is 0 Å². The minimum absolute atomic E-state index is 0.0700. The summed E-state index contributed by atoms with van der Waals surface area (Å²) in [6, 6.07) is 2.02. The molecule has 1 aromatic rings. The topological polar surface area (TPSA) is 58.2 Å². The van der Waals surface area contributed by atoms with Gasteiger partial charge in [0.05, 0.1) is 4.90 Å². The molecule has 0 unspecified atom stereocenters. The SMILES string of the molecule is CC(C)NCc1sccc1S(=O)(=O)NCC(C)(C)C(C)C. The highest BCUT2D eigenvalue weighted by atomic mass is 32.2. The van der Waals surface area contributed by atoms with Crippen LogP contribution in [0.5, 0.6) is 0 Å². The lowest BCUT2D eigenvalue weighted by Crippen LogP contribution is -2.37. The second-order valence-corrected chi connectivity index (χ2v) is 9.45. The highest BCUT2D eigenvalue weighted by molar-refractivity contribution is 7.89. The minimum atomic E-state index is -3.44. The number of thiophene rings is 1. The van der Waals surface area contributed by atoms with Crippen molar-refractivity contribution in [2.45, 2.75) is 59.0 Å². The van der Waals surface area contributed by atoms with E-state index in [1.54, 1.807) is 6.07 Å². The summed E-state index contributed by atoms with van der Waals surface area (Å²) < 4.78 is 27.8. The quantitative estimate of drug-likeness (QED) is 0.768. The summed E-state index contributed by atoms with van der Waals surface area (Å²) in [6.45, 7) is 13.5. The first-order chi connectivity index (χ1) is 9.56. The van der Waals surface area contributed by atoms with Crippen LogP contribution < -0.4 is 10.0 Å². The Morgan fingerprint density at radius 2 is 1.86 bits per heavy atom. The maximum atomic E-state index is 12.5. The lowest BCUT2D eigenvalue weighted by molar-refractivity contribution is 0.252. The molecule has 1 heterocycles. The molecule has 0 radical (unpaired) electrons. The molecule has 1 rings (SSSR count). The van der Waals surface area contributed by atoms with Crippen molar-refractivity contribution in [3.8, 4) is 0 Å². The van der Waals surface area contributed by atoms with Gasteiger partial charge in [0, 0.05) is 24.0 Å². The number of nitrogens with one attached hydrogen (secondary N) is 2. The highest BCUT2D eigenvalue weighted by Crippen LogP contribution is 2.27. The van der Waals surface area contributed by atoms with Crippen molar-refractivity contribution < 1.29 is 8.42 Å². The van der Waals surface area contributed by atoms with Crippen LogP contribution in [0, 0.1) is 11.3 Å². The number of hydrogen-bond donors (Lipinski definition) is 2. The fourth-order valence-corrected chi connectivity index (χ4v) is 4.17. The molecule has 0 spiro atoms. The third kappa shape index (κ3) is 5.36. The molecule has 0 aliphatic heterocycles. The summed E-state index contributed by atoms with van der Waals surface area (Å²) in [6.07, 6.45) is 0. The Bertz CT molecular complexity index is 546. The first kappa shape index (κ1) is 18.6. The second-order valence-electron chi connectivity index (χ2n) is 6.71. The van der Waals surface area contributed by atoms with E-state index >= 15 is 0 Å². The van der Waals surface area contributed by atoms with Crippen molar-refractivity contribution in [3.05, 3.63) is 16.3 Å². The van der Waals surface area contributed by atoms with Crippen LogP contribution in [0.25, 0.3) is 0 Å². The zero-order valence-electron chi connectivity index (χ0n) is 13.9. The van der Waals surface area contributed by atoms with Gasteiger partial charge >= 0.3 is 0 Å². The molecule has 2 N–H and O–H groups in total. The third-order valence-electron chi connectivity index (χ3n) is 3.95. The van der Waals surface area contributed by atoms with Gasteiger partial charge in [-0.15, -0.1) is 11.3 Å². The monoisotopic (exact) mass is 332 g/mol. The van der Waals surface area contributed by atoms with Crippen LogP contribution >= 0.6 is 11.3 Å². The van der Waals surface area contributed by atoms with Gasteiger partial charge in [0.1, 0.15) is 0 Å². The second kappa shape index (κ2) is 7.22. The molecule has 0 amide bonds. The van der Waals surface area contributed by atoms with Crippen LogP contribution in [-0.4, -0.2) is 21.0 Å². The number of sulfonamides is 1. The van der Waals surface area contributed by atoms with Crippen molar-refractivity contribution in [3.63, 3.8) is 0 Å². The van der Waals surface area contributed by atoms with E-state index in [2.05, 4.69) is 37.7 Å². The highest BCUT2D eigenvalue weighted by Gasteiger charge is 2.26. The summed E-state index contributed by atoms with van der Waals surface area (Å²) in [4.78, 5) is 1.26. The predicted molar refractivity (Wildman–Crippen MR) is 90.1 cm³/mol.